The van der Waals surface area contributed by atoms with E-state index < -0.39 is 5.97 Å². The molecule has 0 unspecified atom stereocenters. The minimum absolute atomic E-state index is 0.147. The molecule has 0 N–H and O–H groups in total. The highest BCUT2D eigenvalue weighted by molar-refractivity contribution is 5.93. The molecule has 4 rings (SSSR count). The molecule has 0 aliphatic rings. The number of aromatic nitrogens is 1. The van der Waals surface area contributed by atoms with Crippen molar-refractivity contribution in [3.8, 4) is 23.0 Å². The Morgan fingerprint density at radius 1 is 0.800 bits per heavy atom. The lowest BCUT2D eigenvalue weighted by Gasteiger charge is -2.08. The van der Waals surface area contributed by atoms with Crippen molar-refractivity contribution in [2.75, 3.05) is 20.8 Å². The van der Waals surface area contributed by atoms with Crippen molar-refractivity contribution in [2.45, 2.75) is 13.5 Å². The minimum Gasteiger partial charge on any atom is -0.497 e. The Kier molecular flexibility index (Phi) is 7.15. The zero-order chi connectivity index (χ0) is 24.8. The number of hydrogen-bond donors (Lipinski definition) is 0. The van der Waals surface area contributed by atoms with Gasteiger partial charge in [-0.2, -0.15) is 0 Å². The van der Waals surface area contributed by atoms with Crippen LogP contribution < -0.4 is 18.9 Å². The molecule has 0 saturated carbocycles. The number of carbonyl (C=O) groups is 2. The Bertz CT molecular complexity index is 1320. The predicted molar refractivity (Wildman–Crippen MR) is 125 cm³/mol. The molecular weight excluding hydrogens is 454 g/mol. The maximum atomic E-state index is 12.6. The Morgan fingerprint density at radius 2 is 1.49 bits per heavy atom. The molecular formula is C26H23NO8. The molecule has 1 aromatic heterocycles. The van der Waals surface area contributed by atoms with Gasteiger partial charge in [0.15, 0.2) is 5.58 Å². The summed E-state index contributed by atoms with van der Waals surface area (Å²) in [7, 11) is 3.00. The van der Waals surface area contributed by atoms with Gasteiger partial charge in [-0.05, 0) is 55.5 Å². The van der Waals surface area contributed by atoms with Gasteiger partial charge in [0.2, 0.25) is 0 Å². The second-order valence-electron chi connectivity index (χ2n) is 7.31. The van der Waals surface area contributed by atoms with E-state index in [4.69, 9.17) is 28.2 Å². The van der Waals surface area contributed by atoms with Gasteiger partial charge < -0.3 is 28.2 Å². The van der Waals surface area contributed by atoms with Crippen molar-refractivity contribution in [1.82, 2.24) is 5.16 Å². The first kappa shape index (κ1) is 23.6. The van der Waals surface area contributed by atoms with Crippen LogP contribution in [0.25, 0.3) is 11.0 Å². The third-order valence-electron chi connectivity index (χ3n) is 5.06. The van der Waals surface area contributed by atoms with Crippen molar-refractivity contribution < 1.29 is 37.8 Å². The van der Waals surface area contributed by atoms with Gasteiger partial charge in [0, 0.05) is 17.5 Å². The summed E-state index contributed by atoms with van der Waals surface area (Å²) in [5, 5.41) is 4.78. The fraction of sp³-hybridized carbons (Fsp3) is 0.192. The van der Waals surface area contributed by atoms with Crippen LogP contribution in [0.4, 0.5) is 0 Å². The predicted octanol–water partition coefficient (Wildman–Crippen LogP) is 4.82. The maximum absolute atomic E-state index is 12.6. The molecule has 1 heterocycles. The van der Waals surface area contributed by atoms with Crippen LogP contribution >= 0.6 is 0 Å². The van der Waals surface area contributed by atoms with Crippen LogP contribution in [0.5, 0.6) is 23.0 Å². The molecule has 180 valence electrons. The molecule has 0 radical (unpaired) electrons. The largest absolute Gasteiger partial charge is 0.497 e. The number of hydrogen-bond acceptors (Lipinski definition) is 9. The summed E-state index contributed by atoms with van der Waals surface area (Å²) in [6.07, 6.45) is 0. The molecule has 0 atom stereocenters. The number of fused-ring (bicyclic) bond motifs is 1. The van der Waals surface area contributed by atoms with Gasteiger partial charge in [0.1, 0.15) is 35.3 Å². The summed E-state index contributed by atoms with van der Waals surface area (Å²) in [5.74, 6) is 0.847. The highest BCUT2D eigenvalue weighted by Crippen LogP contribution is 2.27. The number of ether oxygens (including phenoxy) is 5. The van der Waals surface area contributed by atoms with Crippen LogP contribution in [0.2, 0.25) is 0 Å². The molecule has 0 saturated heterocycles. The van der Waals surface area contributed by atoms with E-state index >= 15 is 0 Å². The van der Waals surface area contributed by atoms with Gasteiger partial charge in [-0.25, -0.2) is 9.59 Å². The summed E-state index contributed by atoms with van der Waals surface area (Å²) < 4.78 is 32.0. The highest BCUT2D eigenvalue weighted by atomic mass is 16.5. The summed E-state index contributed by atoms with van der Waals surface area (Å²) >= 11 is 0. The molecule has 0 spiro atoms. The first-order valence-corrected chi connectivity index (χ1v) is 10.7. The van der Waals surface area contributed by atoms with Crippen LogP contribution in [0.3, 0.4) is 0 Å². The zero-order valence-electron chi connectivity index (χ0n) is 19.4. The lowest BCUT2D eigenvalue weighted by Crippen LogP contribution is -2.09. The Balaban J connectivity index is 1.43. The van der Waals surface area contributed by atoms with E-state index in [0.717, 1.165) is 5.39 Å². The summed E-state index contributed by atoms with van der Waals surface area (Å²) in [6, 6.07) is 16.4. The van der Waals surface area contributed by atoms with Crippen LogP contribution in [-0.2, 0) is 11.3 Å². The molecule has 0 fully saturated rings. The minimum atomic E-state index is -0.573. The quantitative estimate of drug-likeness (QED) is 0.248. The van der Waals surface area contributed by atoms with Crippen molar-refractivity contribution >= 4 is 22.9 Å². The monoisotopic (exact) mass is 477 g/mol. The fourth-order valence-corrected chi connectivity index (χ4v) is 3.28. The topological polar surface area (TPSA) is 106 Å². The van der Waals surface area contributed by atoms with Crippen molar-refractivity contribution in [2.24, 2.45) is 0 Å². The second kappa shape index (κ2) is 10.6. The average Bonchev–Trinajstić information content (AvgIpc) is 3.29. The normalized spacial score (nSPS) is 10.6. The number of methoxy groups -OCH3 is 2. The number of nitrogens with zero attached hydrogens (tertiary/aromatic N) is 1. The lowest BCUT2D eigenvalue weighted by molar-refractivity contribution is 0.0526. The molecule has 4 aromatic rings. The lowest BCUT2D eigenvalue weighted by atomic mass is 10.2. The van der Waals surface area contributed by atoms with Crippen LogP contribution in [0.15, 0.2) is 65.2 Å². The third kappa shape index (κ3) is 5.52. The standard InChI is InChI=1S/C26H23NO8/c1-4-32-25(28)16-5-7-18(8-6-16)33-15-23-22-10-9-19(14-24(22)35-27-23)34-26(29)17-11-20(30-2)13-21(12-17)31-3/h5-14H,4,15H2,1-3H3. The van der Waals surface area contributed by atoms with E-state index in [2.05, 4.69) is 5.16 Å². The number of carbonyl (C=O) groups excluding carboxylic acids is 2. The fourth-order valence-electron chi connectivity index (χ4n) is 3.28. The van der Waals surface area contributed by atoms with Crippen LogP contribution in [-0.4, -0.2) is 37.9 Å². The summed E-state index contributed by atoms with van der Waals surface area (Å²) in [6.45, 7) is 2.21. The van der Waals surface area contributed by atoms with E-state index in [1.165, 1.54) is 14.2 Å². The number of benzene rings is 3. The maximum Gasteiger partial charge on any atom is 0.343 e. The Hall–Kier alpha value is -4.53. The average molecular weight is 477 g/mol. The van der Waals surface area contributed by atoms with Crippen molar-refractivity contribution in [3.63, 3.8) is 0 Å². The molecule has 9 nitrogen and oxygen atoms in total. The summed E-state index contributed by atoms with van der Waals surface area (Å²) in [5.41, 5.74) is 1.74. The van der Waals surface area contributed by atoms with Crippen molar-refractivity contribution in [3.05, 3.63) is 77.5 Å². The molecule has 0 aliphatic heterocycles. The third-order valence-corrected chi connectivity index (χ3v) is 5.06. The molecule has 0 bridgehead atoms. The Morgan fingerprint density at radius 3 is 2.14 bits per heavy atom. The van der Waals surface area contributed by atoms with E-state index in [9.17, 15) is 9.59 Å². The first-order valence-electron chi connectivity index (χ1n) is 10.7. The highest BCUT2D eigenvalue weighted by Gasteiger charge is 2.15. The summed E-state index contributed by atoms with van der Waals surface area (Å²) in [4.78, 5) is 24.4. The zero-order valence-corrected chi connectivity index (χ0v) is 19.4. The molecule has 3 aromatic carbocycles. The van der Waals surface area contributed by atoms with Gasteiger partial charge in [-0.15, -0.1) is 0 Å². The van der Waals surface area contributed by atoms with E-state index in [-0.39, 0.29) is 18.1 Å². The first-order chi connectivity index (χ1) is 17.0. The molecule has 0 amide bonds. The second-order valence-corrected chi connectivity index (χ2v) is 7.31. The number of esters is 2. The van der Waals surface area contributed by atoms with E-state index in [0.29, 0.717) is 46.4 Å². The Labute approximate surface area is 201 Å². The van der Waals surface area contributed by atoms with Gasteiger partial charge in [-0.1, -0.05) is 5.16 Å². The number of rotatable bonds is 9. The molecule has 9 heteroatoms. The smallest absolute Gasteiger partial charge is 0.343 e. The van der Waals surface area contributed by atoms with Gasteiger partial charge in [-0.3, -0.25) is 0 Å². The van der Waals surface area contributed by atoms with E-state index in [1.54, 1.807) is 67.6 Å². The van der Waals surface area contributed by atoms with Gasteiger partial charge in [0.05, 0.1) is 32.0 Å². The van der Waals surface area contributed by atoms with E-state index in [1.807, 2.05) is 0 Å². The molecule has 35 heavy (non-hydrogen) atoms. The van der Waals surface area contributed by atoms with Crippen LogP contribution in [0.1, 0.15) is 33.3 Å². The SMILES string of the molecule is CCOC(=O)c1ccc(OCc2noc3cc(OC(=O)c4cc(OC)cc(OC)c4)ccc23)cc1. The van der Waals surface area contributed by atoms with Gasteiger partial charge >= 0.3 is 11.9 Å². The van der Waals surface area contributed by atoms with Gasteiger partial charge in [0.25, 0.3) is 0 Å². The molecule has 0 aliphatic carbocycles. The van der Waals surface area contributed by atoms with Crippen LogP contribution in [0, 0.1) is 0 Å². The van der Waals surface area contributed by atoms with Crippen molar-refractivity contribution in [1.29, 1.82) is 0 Å².